The van der Waals surface area contributed by atoms with E-state index < -0.39 is 0 Å². The van der Waals surface area contributed by atoms with Gasteiger partial charge in [0.2, 0.25) is 0 Å². The van der Waals surface area contributed by atoms with Crippen molar-refractivity contribution in [2.24, 2.45) is 0 Å². The van der Waals surface area contributed by atoms with E-state index in [1.165, 1.54) is 116 Å². The highest BCUT2D eigenvalue weighted by Gasteiger charge is 2.14. The number of aliphatic hydroxyl groups is 1. The maximum Gasteiger partial charge on any atom is 0.306 e. The van der Waals surface area contributed by atoms with Crippen molar-refractivity contribution in [1.29, 1.82) is 0 Å². The van der Waals surface area contributed by atoms with Crippen LogP contribution in [-0.4, -0.2) is 60.9 Å². The zero-order chi connectivity index (χ0) is 34.5. The fourth-order valence-corrected chi connectivity index (χ4v) is 6.36. The predicted octanol–water partition coefficient (Wildman–Crippen LogP) is 11.5. The van der Waals surface area contributed by atoms with Gasteiger partial charge in [-0.1, -0.05) is 149 Å². The summed E-state index contributed by atoms with van der Waals surface area (Å²) in [6.45, 7) is 9.85. The third-order valence-corrected chi connectivity index (χ3v) is 9.45. The minimum Gasteiger partial charge on any atom is -0.466 e. The Labute approximate surface area is 292 Å². The third kappa shape index (κ3) is 34.5. The molecule has 0 aromatic carbocycles. The van der Waals surface area contributed by atoms with Gasteiger partial charge in [-0.15, -0.1) is 0 Å². The molecule has 0 saturated heterocycles. The summed E-state index contributed by atoms with van der Waals surface area (Å²) in [6.07, 6.45) is 34.5. The van der Waals surface area contributed by atoms with Crippen LogP contribution in [0.15, 0.2) is 0 Å². The lowest BCUT2D eigenvalue weighted by molar-refractivity contribution is -0.150. The maximum atomic E-state index is 12.7. The van der Waals surface area contributed by atoms with E-state index in [-0.39, 0.29) is 24.6 Å². The summed E-state index contributed by atoms with van der Waals surface area (Å²) in [4.78, 5) is 27.0. The molecule has 0 aliphatic rings. The average Bonchev–Trinajstić information content (AvgIpc) is 3.06. The van der Waals surface area contributed by atoms with Gasteiger partial charge < -0.3 is 19.5 Å². The summed E-state index contributed by atoms with van der Waals surface area (Å²) in [5.41, 5.74) is 0. The molecule has 0 unspecified atom stereocenters. The monoisotopic (exact) mass is 668 g/mol. The summed E-state index contributed by atoms with van der Waals surface area (Å²) < 4.78 is 11.4. The lowest BCUT2D eigenvalue weighted by atomic mass is 10.0. The Morgan fingerprint density at radius 1 is 0.489 bits per heavy atom. The topological polar surface area (TPSA) is 76.1 Å². The molecule has 0 saturated carbocycles. The third-order valence-electron chi connectivity index (χ3n) is 9.45. The summed E-state index contributed by atoms with van der Waals surface area (Å²) in [5, 5.41) is 9.49. The molecule has 0 aromatic heterocycles. The van der Waals surface area contributed by atoms with Crippen LogP contribution in [0.5, 0.6) is 0 Å². The number of ether oxygens (including phenoxy) is 2. The highest BCUT2D eigenvalue weighted by Crippen LogP contribution is 2.18. The second-order valence-electron chi connectivity index (χ2n) is 14.1. The van der Waals surface area contributed by atoms with E-state index in [1.807, 2.05) is 0 Å². The van der Waals surface area contributed by atoms with Gasteiger partial charge in [0.1, 0.15) is 6.10 Å². The largest absolute Gasteiger partial charge is 0.466 e. The number of nitrogens with zero attached hydrogens (tertiary/aromatic N) is 1. The van der Waals surface area contributed by atoms with E-state index >= 15 is 0 Å². The van der Waals surface area contributed by atoms with Gasteiger partial charge in [0.15, 0.2) is 0 Å². The molecule has 0 atom stereocenters. The zero-order valence-corrected chi connectivity index (χ0v) is 31.9. The molecule has 0 rings (SSSR count). The van der Waals surface area contributed by atoms with E-state index in [9.17, 15) is 14.7 Å². The Bertz CT molecular complexity index is 642. The van der Waals surface area contributed by atoms with E-state index in [1.54, 1.807) is 0 Å². The summed E-state index contributed by atoms with van der Waals surface area (Å²) in [6, 6.07) is 0. The minimum atomic E-state index is -0.0911. The zero-order valence-electron chi connectivity index (χ0n) is 31.9. The summed E-state index contributed by atoms with van der Waals surface area (Å²) in [7, 11) is 0. The van der Waals surface area contributed by atoms with E-state index in [4.69, 9.17) is 9.47 Å². The SMILES string of the molecule is CCCCCCCCCCOC(=O)CCCN(CCO)CCCCCCCC(=O)OC(CCCCCCCC)CCCCCCCC. The van der Waals surface area contributed by atoms with Crippen LogP contribution in [0, 0.1) is 0 Å². The Kier molecular flexibility index (Phi) is 36.8. The standard InChI is InChI=1S/C41H81NO5/c1-4-7-10-13-16-17-23-28-38-46-40(44)33-29-35-42(36-37-43)34-27-22-18-21-26-32-41(45)47-39(30-24-19-14-11-8-5-2)31-25-20-15-12-9-6-3/h39,43H,4-38H2,1-3H3. The van der Waals surface area contributed by atoms with Gasteiger partial charge >= 0.3 is 11.9 Å². The van der Waals surface area contributed by atoms with Crippen molar-refractivity contribution in [3.05, 3.63) is 0 Å². The first-order valence-corrected chi connectivity index (χ1v) is 20.8. The number of aliphatic hydroxyl groups excluding tert-OH is 1. The van der Waals surface area contributed by atoms with Crippen LogP contribution in [0.1, 0.15) is 213 Å². The lowest BCUT2D eigenvalue weighted by Crippen LogP contribution is -2.29. The maximum absolute atomic E-state index is 12.7. The fraction of sp³-hybridized carbons (Fsp3) is 0.951. The van der Waals surface area contributed by atoms with Gasteiger partial charge in [0.05, 0.1) is 13.2 Å². The molecule has 0 aliphatic carbocycles. The Morgan fingerprint density at radius 3 is 1.45 bits per heavy atom. The predicted molar refractivity (Wildman–Crippen MR) is 200 cm³/mol. The molecule has 0 heterocycles. The molecular formula is C41H81NO5. The molecule has 0 fully saturated rings. The molecule has 0 radical (unpaired) electrons. The first-order chi connectivity index (χ1) is 23.1. The van der Waals surface area contributed by atoms with Crippen LogP contribution in [0.4, 0.5) is 0 Å². The molecule has 280 valence electrons. The van der Waals surface area contributed by atoms with Gasteiger partial charge in [-0.25, -0.2) is 0 Å². The van der Waals surface area contributed by atoms with Crippen molar-refractivity contribution in [2.75, 3.05) is 32.8 Å². The van der Waals surface area contributed by atoms with E-state index in [0.717, 1.165) is 77.3 Å². The molecule has 0 amide bonds. The number of rotatable bonds is 38. The van der Waals surface area contributed by atoms with Crippen LogP contribution in [0.25, 0.3) is 0 Å². The first kappa shape index (κ1) is 45.9. The molecule has 47 heavy (non-hydrogen) atoms. The van der Waals surface area contributed by atoms with Gasteiger partial charge in [0.25, 0.3) is 0 Å². The van der Waals surface area contributed by atoms with Crippen molar-refractivity contribution >= 4 is 11.9 Å². The number of hydrogen-bond donors (Lipinski definition) is 1. The number of carbonyl (C=O) groups excluding carboxylic acids is 2. The Balaban J connectivity index is 4.03. The smallest absolute Gasteiger partial charge is 0.306 e. The molecule has 6 nitrogen and oxygen atoms in total. The highest BCUT2D eigenvalue weighted by atomic mass is 16.5. The number of carbonyl (C=O) groups is 2. The van der Waals surface area contributed by atoms with Crippen molar-refractivity contribution < 1.29 is 24.2 Å². The van der Waals surface area contributed by atoms with Crippen molar-refractivity contribution in [3.8, 4) is 0 Å². The molecular weight excluding hydrogens is 586 g/mol. The van der Waals surface area contributed by atoms with Crippen molar-refractivity contribution in [2.45, 2.75) is 219 Å². The summed E-state index contributed by atoms with van der Waals surface area (Å²) in [5.74, 6) is -0.0935. The Hall–Kier alpha value is -1.14. The highest BCUT2D eigenvalue weighted by molar-refractivity contribution is 5.69. The minimum absolute atomic E-state index is 0.00239. The fourth-order valence-electron chi connectivity index (χ4n) is 6.36. The van der Waals surface area contributed by atoms with E-state index in [0.29, 0.717) is 26.0 Å². The number of hydrogen-bond acceptors (Lipinski definition) is 6. The van der Waals surface area contributed by atoms with Crippen molar-refractivity contribution in [3.63, 3.8) is 0 Å². The molecule has 0 aliphatic heterocycles. The van der Waals surface area contributed by atoms with Crippen LogP contribution in [0.2, 0.25) is 0 Å². The first-order valence-electron chi connectivity index (χ1n) is 20.8. The van der Waals surface area contributed by atoms with Crippen LogP contribution in [0.3, 0.4) is 0 Å². The molecule has 0 aromatic rings. The quantitative estimate of drug-likeness (QED) is 0.0521. The second-order valence-corrected chi connectivity index (χ2v) is 14.1. The van der Waals surface area contributed by atoms with Crippen LogP contribution in [-0.2, 0) is 19.1 Å². The van der Waals surface area contributed by atoms with Crippen LogP contribution < -0.4 is 0 Å². The Morgan fingerprint density at radius 2 is 0.915 bits per heavy atom. The van der Waals surface area contributed by atoms with Crippen molar-refractivity contribution in [1.82, 2.24) is 4.90 Å². The normalized spacial score (nSPS) is 11.5. The molecule has 1 N–H and O–H groups in total. The van der Waals surface area contributed by atoms with E-state index in [2.05, 4.69) is 25.7 Å². The van der Waals surface area contributed by atoms with Gasteiger partial charge in [-0.05, 0) is 64.5 Å². The summed E-state index contributed by atoms with van der Waals surface area (Å²) >= 11 is 0. The molecule has 6 heteroatoms. The van der Waals surface area contributed by atoms with Gasteiger partial charge in [-0.2, -0.15) is 0 Å². The van der Waals surface area contributed by atoms with Gasteiger partial charge in [0, 0.05) is 19.4 Å². The average molecular weight is 668 g/mol. The number of esters is 2. The molecule has 0 spiro atoms. The van der Waals surface area contributed by atoms with Gasteiger partial charge in [-0.3, -0.25) is 9.59 Å². The van der Waals surface area contributed by atoms with Crippen LogP contribution >= 0.6 is 0 Å². The lowest BCUT2D eigenvalue weighted by Gasteiger charge is -2.21. The number of unbranched alkanes of at least 4 members (excludes halogenated alkanes) is 21. The molecule has 0 bridgehead atoms. The second kappa shape index (κ2) is 37.7.